The van der Waals surface area contributed by atoms with Crippen molar-refractivity contribution >= 4 is 17.8 Å². The van der Waals surface area contributed by atoms with E-state index in [0.29, 0.717) is 26.2 Å². The van der Waals surface area contributed by atoms with E-state index < -0.39 is 23.3 Å². The Morgan fingerprint density at radius 2 is 1.48 bits per heavy atom. The number of ether oxygens (including phenoxy) is 2. The van der Waals surface area contributed by atoms with E-state index in [2.05, 4.69) is 17.6 Å². The first-order valence-corrected chi connectivity index (χ1v) is 7.39. The van der Waals surface area contributed by atoms with Gasteiger partial charge in [0.1, 0.15) is 5.41 Å². The van der Waals surface area contributed by atoms with Crippen molar-refractivity contribution < 1.29 is 23.9 Å². The molecule has 2 N–H and O–H groups in total. The summed E-state index contributed by atoms with van der Waals surface area (Å²) in [5.41, 5.74) is -1.23. The first-order valence-electron chi connectivity index (χ1n) is 7.39. The molecule has 21 heavy (non-hydrogen) atoms. The summed E-state index contributed by atoms with van der Waals surface area (Å²) in [4.78, 5) is 34.9. The molecule has 1 saturated heterocycles. The Kier molecular flexibility index (Phi) is 7.31. The van der Waals surface area contributed by atoms with Gasteiger partial charge in [-0.05, 0) is 19.3 Å². The minimum Gasteiger partial charge on any atom is -0.379 e. The van der Waals surface area contributed by atoms with Gasteiger partial charge in [0.05, 0.1) is 13.2 Å². The summed E-state index contributed by atoms with van der Waals surface area (Å²) in [6, 6.07) is -0.765. The highest BCUT2D eigenvalue weighted by atomic mass is 16.5. The summed E-state index contributed by atoms with van der Waals surface area (Å²) in [6.45, 7) is 5.73. The summed E-state index contributed by atoms with van der Waals surface area (Å²) in [6.07, 6.45) is 2.66. The molecule has 1 rings (SSSR count). The molecule has 1 aliphatic rings. The SMILES string of the molecule is CCCCOCCOCCC1(CC)C(=O)NC(=O)NC1=O. The summed E-state index contributed by atoms with van der Waals surface area (Å²) in [7, 11) is 0. The molecule has 0 aliphatic carbocycles. The highest BCUT2D eigenvalue weighted by Gasteiger charge is 2.48. The number of carbonyl (C=O) groups is 3. The van der Waals surface area contributed by atoms with Crippen molar-refractivity contribution in [3.05, 3.63) is 0 Å². The van der Waals surface area contributed by atoms with Crippen molar-refractivity contribution in [2.24, 2.45) is 5.41 Å². The van der Waals surface area contributed by atoms with Gasteiger partial charge in [0.2, 0.25) is 11.8 Å². The second-order valence-corrected chi connectivity index (χ2v) is 5.00. The highest BCUT2D eigenvalue weighted by molar-refractivity contribution is 6.19. The molecule has 1 aliphatic heterocycles. The number of rotatable bonds is 10. The van der Waals surface area contributed by atoms with Gasteiger partial charge in [0.15, 0.2) is 0 Å². The summed E-state index contributed by atoms with van der Waals surface area (Å²) in [5.74, 6) is -1.11. The van der Waals surface area contributed by atoms with E-state index in [1.807, 2.05) is 0 Å². The lowest BCUT2D eigenvalue weighted by atomic mass is 9.79. The fourth-order valence-corrected chi connectivity index (χ4v) is 2.12. The molecule has 0 atom stereocenters. The number of nitrogens with one attached hydrogen (secondary N) is 2. The maximum absolute atomic E-state index is 11.9. The minimum absolute atomic E-state index is 0.239. The number of hydrogen-bond acceptors (Lipinski definition) is 5. The van der Waals surface area contributed by atoms with Crippen molar-refractivity contribution in [2.75, 3.05) is 26.4 Å². The Morgan fingerprint density at radius 1 is 0.905 bits per heavy atom. The third-order valence-corrected chi connectivity index (χ3v) is 3.61. The fraction of sp³-hybridized carbons (Fsp3) is 0.786. The van der Waals surface area contributed by atoms with Gasteiger partial charge in [-0.1, -0.05) is 20.3 Å². The number of urea groups is 1. The molecule has 0 aromatic heterocycles. The number of carbonyl (C=O) groups excluding carboxylic acids is 3. The standard InChI is InChI=1S/C14H24N2O5/c1-3-5-7-20-9-10-21-8-6-14(4-2)11(17)15-13(19)16-12(14)18/h3-10H2,1-2H3,(H2,15,16,17,18,19). The molecule has 0 radical (unpaired) electrons. The predicted octanol–water partition coefficient (Wildman–Crippen LogP) is 0.972. The van der Waals surface area contributed by atoms with Crippen molar-refractivity contribution in [1.82, 2.24) is 10.6 Å². The number of unbranched alkanes of at least 4 members (excludes halogenated alkanes) is 1. The van der Waals surface area contributed by atoms with Crippen LogP contribution in [0, 0.1) is 5.41 Å². The van der Waals surface area contributed by atoms with Gasteiger partial charge in [0.25, 0.3) is 0 Å². The van der Waals surface area contributed by atoms with Gasteiger partial charge in [-0.15, -0.1) is 0 Å². The van der Waals surface area contributed by atoms with Gasteiger partial charge >= 0.3 is 6.03 Å². The normalized spacial score (nSPS) is 17.5. The molecule has 1 fully saturated rings. The number of amides is 4. The van der Waals surface area contributed by atoms with Gasteiger partial charge in [-0.25, -0.2) is 4.79 Å². The molecule has 120 valence electrons. The third kappa shape index (κ3) is 4.78. The van der Waals surface area contributed by atoms with E-state index in [9.17, 15) is 14.4 Å². The Bertz CT molecular complexity index is 364. The lowest BCUT2D eigenvalue weighted by Crippen LogP contribution is -2.62. The quantitative estimate of drug-likeness (QED) is 0.463. The Morgan fingerprint density at radius 3 is 2.00 bits per heavy atom. The van der Waals surface area contributed by atoms with Crippen LogP contribution in [0.15, 0.2) is 0 Å². The van der Waals surface area contributed by atoms with Gasteiger partial charge in [-0.2, -0.15) is 0 Å². The van der Waals surface area contributed by atoms with Crippen LogP contribution in [-0.4, -0.2) is 44.3 Å². The van der Waals surface area contributed by atoms with Crippen LogP contribution in [0.5, 0.6) is 0 Å². The second-order valence-electron chi connectivity index (χ2n) is 5.00. The molecule has 0 spiro atoms. The van der Waals surface area contributed by atoms with Crippen LogP contribution in [0.1, 0.15) is 39.5 Å². The average molecular weight is 300 g/mol. The monoisotopic (exact) mass is 300 g/mol. The van der Waals surface area contributed by atoms with E-state index in [1.165, 1.54) is 0 Å². The summed E-state index contributed by atoms with van der Waals surface area (Å²) >= 11 is 0. The molecule has 0 saturated carbocycles. The van der Waals surface area contributed by atoms with E-state index in [4.69, 9.17) is 9.47 Å². The Hall–Kier alpha value is -1.47. The number of hydrogen-bond donors (Lipinski definition) is 2. The highest BCUT2D eigenvalue weighted by Crippen LogP contribution is 2.29. The molecule has 1 heterocycles. The van der Waals surface area contributed by atoms with E-state index in [-0.39, 0.29) is 13.0 Å². The Labute approximate surface area is 124 Å². The second kappa shape index (κ2) is 8.74. The first-order chi connectivity index (χ1) is 10.1. The maximum Gasteiger partial charge on any atom is 0.328 e. The lowest BCUT2D eigenvalue weighted by molar-refractivity contribution is -0.146. The van der Waals surface area contributed by atoms with Crippen molar-refractivity contribution in [1.29, 1.82) is 0 Å². The van der Waals surface area contributed by atoms with Crippen LogP contribution < -0.4 is 10.6 Å². The van der Waals surface area contributed by atoms with Crippen LogP contribution in [0.3, 0.4) is 0 Å². The average Bonchev–Trinajstić information content (AvgIpc) is 2.44. The maximum atomic E-state index is 11.9. The minimum atomic E-state index is -1.23. The van der Waals surface area contributed by atoms with E-state index in [0.717, 1.165) is 12.8 Å². The molecule has 0 aromatic rings. The zero-order valence-electron chi connectivity index (χ0n) is 12.7. The molecule has 7 nitrogen and oxygen atoms in total. The lowest BCUT2D eigenvalue weighted by Gasteiger charge is -2.32. The van der Waals surface area contributed by atoms with Gasteiger partial charge in [-0.3, -0.25) is 20.2 Å². The van der Waals surface area contributed by atoms with Crippen LogP contribution in [-0.2, 0) is 19.1 Å². The number of barbiturate groups is 1. The van der Waals surface area contributed by atoms with Crippen LogP contribution in [0.2, 0.25) is 0 Å². The van der Waals surface area contributed by atoms with E-state index >= 15 is 0 Å². The molecule has 4 amide bonds. The van der Waals surface area contributed by atoms with Crippen molar-refractivity contribution in [3.8, 4) is 0 Å². The third-order valence-electron chi connectivity index (χ3n) is 3.61. The molecule has 0 unspecified atom stereocenters. The van der Waals surface area contributed by atoms with Crippen molar-refractivity contribution in [3.63, 3.8) is 0 Å². The smallest absolute Gasteiger partial charge is 0.328 e. The van der Waals surface area contributed by atoms with Crippen molar-refractivity contribution in [2.45, 2.75) is 39.5 Å². The van der Waals surface area contributed by atoms with Crippen LogP contribution >= 0.6 is 0 Å². The van der Waals surface area contributed by atoms with E-state index in [1.54, 1.807) is 6.92 Å². The summed E-state index contributed by atoms with van der Waals surface area (Å²) in [5, 5.41) is 4.27. The zero-order chi connectivity index (χ0) is 15.7. The first kappa shape index (κ1) is 17.6. The topological polar surface area (TPSA) is 93.7 Å². The molecule has 0 aromatic carbocycles. The molecular formula is C14H24N2O5. The van der Waals surface area contributed by atoms with Crippen LogP contribution in [0.4, 0.5) is 4.79 Å². The number of imide groups is 2. The molecular weight excluding hydrogens is 276 g/mol. The largest absolute Gasteiger partial charge is 0.379 e. The summed E-state index contributed by atoms with van der Waals surface area (Å²) < 4.78 is 10.7. The van der Waals surface area contributed by atoms with Crippen LogP contribution in [0.25, 0.3) is 0 Å². The van der Waals surface area contributed by atoms with Gasteiger partial charge in [0, 0.05) is 13.2 Å². The van der Waals surface area contributed by atoms with Gasteiger partial charge < -0.3 is 9.47 Å². The Balaban J connectivity index is 2.32. The predicted molar refractivity (Wildman–Crippen MR) is 75.6 cm³/mol. The fourth-order valence-electron chi connectivity index (χ4n) is 2.12. The zero-order valence-corrected chi connectivity index (χ0v) is 12.7. The molecule has 0 bridgehead atoms. The molecule has 7 heteroatoms.